The Morgan fingerprint density at radius 3 is 2.67 bits per heavy atom. The molecule has 0 spiro atoms. The SMILES string of the molecule is CCC1CCC(n2ccc3ccc(F)cc32)CC1. The minimum atomic E-state index is -0.135. The van der Waals surface area contributed by atoms with Gasteiger partial charge in [-0.15, -0.1) is 0 Å². The maximum absolute atomic E-state index is 13.4. The Labute approximate surface area is 108 Å². The van der Waals surface area contributed by atoms with Crippen molar-refractivity contribution in [2.24, 2.45) is 5.92 Å². The van der Waals surface area contributed by atoms with Crippen molar-refractivity contribution in [1.82, 2.24) is 4.57 Å². The van der Waals surface area contributed by atoms with Crippen LogP contribution in [0.5, 0.6) is 0 Å². The second-order valence-electron chi connectivity index (χ2n) is 5.51. The minimum Gasteiger partial charge on any atom is -0.344 e. The first-order valence-corrected chi connectivity index (χ1v) is 7.04. The summed E-state index contributed by atoms with van der Waals surface area (Å²) in [6.45, 7) is 2.28. The topological polar surface area (TPSA) is 4.93 Å². The Bertz CT molecular complexity index is 535. The largest absolute Gasteiger partial charge is 0.344 e. The molecule has 18 heavy (non-hydrogen) atoms. The van der Waals surface area contributed by atoms with E-state index in [1.54, 1.807) is 12.1 Å². The zero-order chi connectivity index (χ0) is 12.5. The number of nitrogens with zero attached hydrogens (tertiary/aromatic N) is 1. The van der Waals surface area contributed by atoms with E-state index >= 15 is 0 Å². The van der Waals surface area contributed by atoms with Gasteiger partial charge in [0.1, 0.15) is 5.82 Å². The zero-order valence-electron chi connectivity index (χ0n) is 10.9. The average molecular weight is 245 g/mol. The second-order valence-corrected chi connectivity index (χ2v) is 5.51. The highest BCUT2D eigenvalue weighted by Crippen LogP contribution is 2.35. The lowest BCUT2D eigenvalue weighted by molar-refractivity contribution is 0.273. The molecular weight excluding hydrogens is 225 g/mol. The van der Waals surface area contributed by atoms with Gasteiger partial charge in [0.05, 0.1) is 5.52 Å². The second kappa shape index (κ2) is 4.75. The summed E-state index contributed by atoms with van der Waals surface area (Å²) in [5.74, 6) is 0.768. The van der Waals surface area contributed by atoms with Gasteiger partial charge in [-0.1, -0.05) is 13.3 Å². The molecule has 0 aliphatic heterocycles. The number of aromatic nitrogens is 1. The average Bonchev–Trinajstić information content (AvgIpc) is 2.82. The molecule has 0 bridgehead atoms. The monoisotopic (exact) mass is 245 g/mol. The number of hydrogen-bond donors (Lipinski definition) is 0. The van der Waals surface area contributed by atoms with E-state index in [0.717, 1.165) is 16.8 Å². The van der Waals surface area contributed by atoms with Crippen molar-refractivity contribution in [3.8, 4) is 0 Å². The van der Waals surface area contributed by atoms with E-state index in [0.29, 0.717) is 6.04 Å². The van der Waals surface area contributed by atoms with Crippen LogP contribution >= 0.6 is 0 Å². The van der Waals surface area contributed by atoms with Crippen LogP contribution in [0, 0.1) is 11.7 Å². The van der Waals surface area contributed by atoms with E-state index in [4.69, 9.17) is 0 Å². The van der Waals surface area contributed by atoms with Gasteiger partial charge < -0.3 is 4.57 Å². The third kappa shape index (κ3) is 2.05. The summed E-state index contributed by atoms with van der Waals surface area (Å²) < 4.78 is 15.6. The van der Waals surface area contributed by atoms with E-state index in [-0.39, 0.29) is 5.82 Å². The molecule has 3 rings (SSSR count). The zero-order valence-corrected chi connectivity index (χ0v) is 10.9. The summed E-state index contributed by atoms with van der Waals surface area (Å²) in [4.78, 5) is 0. The van der Waals surface area contributed by atoms with E-state index in [2.05, 4.69) is 23.8 Å². The Hall–Kier alpha value is -1.31. The lowest BCUT2D eigenvalue weighted by Crippen LogP contribution is -2.17. The normalized spacial score (nSPS) is 24.6. The lowest BCUT2D eigenvalue weighted by atomic mass is 9.84. The molecule has 96 valence electrons. The first-order valence-electron chi connectivity index (χ1n) is 7.04. The molecule has 0 N–H and O–H groups in total. The van der Waals surface area contributed by atoms with Crippen molar-refractivity contribution in [2.45, 2.75) is 45.1 Å². The lowest BCUT2D eigenvalue weighted by Gasteiger charge is -2.29. The maximum Gasteiger partial charge on any atom is 0.125 e. The molecule has 1 aliphatic rings. The van der Waals surface area contributed by atoms with Crippen LogP contribution < -0.4 is 0 Å². The molecule has 1 aromatic heterocycles. The van der Waals surface area contributed by atoms with Crippen LogP contribution in [0.25, 0.3) is 10.9 Å². The summed E-state index contributed by atoms with van der Waals surface area (Å²) in [5.41, 5.74) is 1.05. The molecule has 0 saturated heterocycles. The van der Waals surface area contributed by atoms with Gasteiger partial charge in [0.15, 0.2) is 0 Å². The van der Waals surface area contributed by atoms with Crippen LogP contribution in [0.4, 0.5) is 4.39 Å². The van der Waals surface area contributed by atoms with Crippen molar-refractivity contribution in [2.75, 3.05) is 0 Å². The molecule has 1 aliphatic carbocycles. The summed E-state index contributed by atoms with van der Waals surface area (Å²) in [6, 6.07) is 7.74. The van der Waals surface area contributed by atoms with Gasteiger partial charge >= 0.3 is 0 Å². The predicted molar refractivity (Wildman–Crippen MR) is 73.2 cm³/mol. The highest BCUT2D eigenvalue weighted by Gasteiger charge is 2.21. The van der Waals surface area contributed by atoms with Crippen molar-refractivity contribution >= 4 is 10.9 Å². The van der Waals surface area contributed by atoms with Gasteiger partial charge in [-0.05, 0) is 61.3 Å². The van der Waals surface area contributed by atoms with E-state index < -0.39 is 0 Å². The molecule has 2 heteroatoms. The van der Waals surface area contributed by atoms with Crippen LogP contribution in [0.2, 0.25) is 0 Å². The van der Waals surface area contributed by atoms with Gasteiger partial charge in [0, 0.05) is 12.2 Å². The Balaban J connectivity index is 1.88. The summed E-state index contributed by atoms with van der Waals surface area (Å²) in [7, 11) is 0. The quantitative estimate of drug-likeness (QED) is 0.707. The van der Waals surface area contributed by atoms with Crippen LogP contribution in [0.1, 0.15) is 45.1 Å². The van der Waals surface area contributed by atoms with Crippen LogP contribution in [-0.2, 0) is 0 Å². The Morgan fingerprint density at radius 1 is 1.17 bits per heavy atom. The molecular formula is C16H20FN. The molecule has 2 aromatic rings. The number of halogens is 1. The highest BCUT2D eigenvalue weighted by atomic mass is 19.1. The molecule has 1 heterocycles. The van der Waals surface area contributed by atoms with E-state index in [9.17, 15) is 4.39 Å². The van der Waals surface area contributed by atoms with Crippen LogP contribution in [0.15, 0.2) is 30.5 Å². The summed E-state index contributed by atoms with van der Waals surface area (Å²) >= 11 is 0. The first kappa shape index (κ1) is 11.8. The number of benzene rings is 1. The molecule has 0 atom stereocenters. The fourth-order valence-corrected chi connectivity index (χ4v) is 3.27. The Kier molecular flexibility index (Phi) is 3.11. The van der Waals surface area contributed by atoms with Crippen molar-refractivity contribution in [3.63, 3.8) is 0 Å². The molecule has 1 nitrogen and oxygen atoms in total. The van der Waals surface area contributed by atoms with Crippen LogP contribution in [-0.4, -0.2) is 4.57 Å². The van der Waals surface area contributed by atoms with Gasteiger partial charge in [0.25, 0.3) is 0 Å². The molecule has 1 fully saturated rings. The van der Waals surface area contributed by atoms with Crippen molar-refractivity contribution in [3.05, 3.63) is 36.3 Å². The molecule has 1 saturated carbocycles. The van der Waals surface area contributed by atoms with Gasteiger partial charge in [-0.2, -0.15) is 0 Å². The standard InChI is InChI=1S/C16H20FN/c1-2-12-3-7-15(8-4-12)18-10-9-13-5-6-14(17)11-16(13)18/h5-6,9-12,15H,2-4,7-8H2,1H3. The maximum atomic E-state index is 13.4. The van der Waals surface area contributed by atoms with Gasteiger partial charge in [-0.3, -0.25) is 0 Å². The van der Waals surface area contributed by atoms with E-state index in [1.807, 2.05) is 6.07 Å². The first-order chi connectivity index (χ1) is 8.78. The van der Waals surface area contributed by atoms with Crippen molar-refractivity contribution in [1.29, 1.82) is 0 Å². The molecule has 1 aromatic carbocycles. The molecule has 0 radical (unpaired) electrons. The fourth-order valence-electron chi connectivity index (χ4n) is 3.27. The minimum absolute atomic E-state index is 0.135. The van der Waals surface area contributed by atoms with Gasteiger partial charge in [0.2, 0.25) is 0 Å². The van der Waals surface area contributed by atoms with Crippen molar-refractivity contribution < 1.29 is 4.39 Å². The van der Waals surface area contributed by atoms with Crippen LogP contribution in [0.3, 0.4) is 0 Å². The number of rotatable bonds is 2. The Morgan fingerprint density at radius 2 is 1.94 bits per heavy atom. The van der Waals surface area contributed by atoms with E-state index in [1.165, 1.54) is 32.1 Å². The highest BCUT2D eigenvalue weighted by molar-refractivity contribution is 5.80. The molecule has 0 amide bonds. The smallest absolute Gasteiger partial charge is 0.125 e. The summed E-state index contributed by atoms with van der Waals surface area (Å²) in [6.07, 6.45) is 8.53. The third-order valence-corrected chi connectivity index (χ3v) is 4.47. The number of hydrogen-bond acceptors (Lipinski definition) is 0. The van der Waals surface area contributed by atoms with Gasteiger partial charge in [-0.25, -0.2) is 4.39 Å². The predicted octanol–water partition coefficient (Wildman–Crippen LogP) is 4.92. The third-order valence-electron chi connectivity index (χ3n) is 4.47. The fraction of sp³-hybridized carbons (Fsp3) is 0.500. The number of fused-ring (bicyclic) bond motifs is 1. The summed E-state index contributed by atoms with van der Waals surface area (Å²) in [5, 5.41) is 1.15. The molecule has 0 unspecified atom stereocenters.